The maximum absolute atomic E-state index is 9.65. The maximum Gasteiger partial charge on any atom is 0.100 e. The third kappa shape index (κ3) is 2.74. The molecule has 0 bridgehead atoms. The summed E-state index contributed by atoms with van der Waals surface area (Å²) in [5.74, 6) is 0. The first-order valence-electron chi connectivity index (χ1n) is 6.64. The van der Waals surface area contributed by atoms with Gasteiger partial charge in [0.05, 0.1) is 5.56 Å². The molecule has 0 aromatic heterocycles. The molecular formula is C19H12BrN. The lowest BCUT2D eigenvalue weighted by molar-refractivity contribution is 1.46. The molecule has 0 unspecified atom stereocenters. The molecule has 0 aliphatic carbocycles. The first-order chi connectivity index (χ1) is 10.3. The smallest absolute Gasteiger partial charge is 0.100 e. The Labute approximate surface area is 132 Å². The molecule has 0 saturated heterocycles. The van der Waals surface area contributed by atoms with E-state index in [0.717, 1.165) is 26.7 Å². The van der Waals surface area contributed by atoms with Crippen LogP contribution in [0.3, 0.4) is 0 Å². The van der Waals surface area contributed by atoms with E-state index in [4.69, 9.17) is 0 Å². The van der Waals surface area contributed by atoms with Gasteiger partial charge < -0.3 is 0 Å². The summed E-state index contributed by atoms with van der Waals surface area (Å²) in [6.45, 7) is 0. The van der Waals surface area contributed by atoms with Crippen molar-refractivity contribution in [3.63, 3.8) is 0 Å². The molecule has 0 aliphatic heterocycles. The second-order valence-electron chi connectivity index (χ2n) is 4.72. The molecule has 0 radical (unpaired) electrons. The van der Waals surface area contributed by atoms with Crippen LogP contribution in [-0.4, -0.2) is 0 Å². The van der Waals surface area contributed by atoms with E-state index in [2.05, 4.69) is 22.0 Å². The van der Waals surface area contributed by atoms with E-state index in [1.165, 1.54) is 0 Å². The van der Waals surface area contributed by atoms with Crippen LogP contribution in [0.1, 0.15) is 5.56 Å². The van der Waals surface area contributed by atoms with Crippen molar-refractivity contribution in [2.75, 3.05) is 0 Å². The second-order valence-corrected chi connectivity index (χ2v) is 5.64. The SMILES string of the molecule is N#Cc1c(-c2ccccc2)cc(Br)cc1-c1ccccc1. The highest BCUT2D eigenvalue weighted by atomic mass is 79.9. The molecule has 0 amide bonds. The monoisotopic (exact) mass is 333 g/mol. The maximum atomic E-state index is 9.65. The minimum absolute atomic E-state index is 0.704. The average Bonchev–Trinajstić information content (AvgIpc) is 2.55. The standard InChI is InChI=1S/C19H12BrN/c20-16-11-17(14-7-3-1-4-8-14)19(13-21)18(12-16)15-9-5-2-6-10-15/h1-12H. The normalized spacial score (nSPS) is 10.1. The number of nitriles is 1. The van der Waals surface area contributed by atoms with Crippen LogP contribution >= 0.6 is 15.9 Å². The molecule has 0 fully saturated rings. The summed E-state index contributed by atoms with van der Waals surface area (Å²) in [6.07, 6.45) is 0. The largest absolute Gasteiger partial charge is 0.192 e. The molecule has 21 heavy (non-hydrogen) atoms. The van der Waals surface area contributed by atoms with E-state index in [1.807, 2.05) is 72.8 Å². The number of rotatable bonds is 2. The molecule has 0 atom stereocenters. The van der Waals surface area contributed by atoms with Gasteiger partial charge in [0.15, 0.2) is 0 Å². The molecule has 3 rings (SSSR count). The lowest BCUT2D eigenvalue weighted by Crippen LogP contribution is -1.90. The number of hydrogen-bond acceptors (Lipinski definition) is 1. The Morgan fingerprint density at radius 2 is 1.14 bits per heavy atom. The summed E-state index contributed by atoms with van der Waals surface area (Å²) in [5, 5.41) is 9.65. The number of nitrogens with zero attached hydrogens (tertiary/aromatic N) is 1. The Hall–Kier alpha value is -2.37. The molecule has 0 saturated carbocycles. The summed E-state index contributed by atoms with van der Waals surface area (Å²) < 4.78 is 0.971. The van der Waals surface area contributed by atoms with Crippen LogP contribution in [0.4, 0.5) is 0 Å². The van der Waals surface area contributed by atoms with Gasteiger partial charge >= 0.3 is 0 Å². The van der Waals surface area contributed by atoms with Crippen LogP contribution in [0, 0.1) is 11.3 Å². The van der Waals surface area contributed by atoms with Crippen molar-refractivity contribution < 1.29 is 0 Å². The van der Waals surface area contributed by atoms with Gasteiger partial charge in [0, 0.05) is 15.6 Å². The van der Waals surface area contributed by atoms with Gasteiger partial charge in [0.2, 0.25) is 0 Å². The lowest BCUT2D eigenvalue weighted by Gasteiger charge is -2.11. The van der Waals surface area contributed by atoms with Crippen LogP contribution in [0.25, 0.3) is 22.3 Å². The fourth-order valence-corrected chi connectivity index (χ4v) is 2.88. The van der Waals surface area contributed by atoms with Gasteiger partial charge in [-0.3, -0.25) is 0 Å². The third-order valence-corrected chi connectivity index (χ3v) is 3.84. The van der Waals surface area contributed by atoms with E-state index in [0.29, 0.717) is 5.56 Å². The van der Waals surface area contributed by atoms with Crippen molar-refractivity contribution in [3.05, 3.63) is 82.8 Å². The first-order valence-corrected chi connectivity index (χ1v) is 7.43. The molecule has 1 nitrogen and oxygen atoms in total. The Bertz CT molecular complexity index is 741. The highest BCUT2D eigenvalue weighted by molar-refractivity contribution is 9.10. The van der Waals surface area contributed by atoms with E-state index in [9.17, 15) is 5.26 Å². The Morgan fingerprint density at radius 1 is 0.714 bits per heavy atom. The van der Waals surface area contributed by atoms with Gasteiger partial charge in [-0.2, -0.15) is 5.26 Å². The summed E-state index contributed by atoms with van der Waals surface area (Å²) in [6, 6.07) is 26.4. The zero-order chi connectivity index (χ0) is 14.7. The lowest BCUT2D eigenvalue weighted by atomic mass is 9.92. The molecule has 0 spiro atoms. The van der Waals surface area contributed by atoms with E-state index in [1.54, 1.807) is 0 Å². The van der Waals surface area contributed by atoms with Crippen molar-refractivity contribution in [2.24, 2.45) is 0 Å². The molecule has 2 heteroatoms. The zero-order valence-corrected chi connectivity index (χ0v) is 12.8. The predicted molar refractivity (Wildman–Crippen MR) is 89.7 cm³/mol. The van der Waals surface area contributed by atoms with Gasteiger partial charge in [-0.05, 0) is 23.3 Å². The Kier molecular flexibility index (Phi) is 3.85. The molecular weight excluding hydrogens is 322 g/mol. The molecule has 3 aromatic carbocycles. The highest BCUT2D eigenvalue weighted by Crippen LogP contribution is 2.35. The van der Waals surface area contributed by atoms with Gasteiger partial charge in [-0.15, -0.1) is 0 Å². The number of halogens is 1. The van der Waals surface area contributed by atoms with E-state index in [-0.39, 0.29) is 0 Å². The molecule has 100 valence electrons. The molecule has 0 N–H and O–H groups in total. The van der Waals surface area contributed by atoms with Crippen LogP contribution < -0.4 is 0 Å². The van der Waals surface area contributed by atoms with Crippen LogP contribution in [0.5, 0.6) is 0 Å². The zero-order valence-electron chi connectivity index (χ0n) is 11.3. The highest BCUT2D eigenvalue weighted by Gasteiger charge is 2.13. The second kappa shape index (κ2) is 5.95. The summed E-state index contributed by atoms with van der Waals surface area (Å²) in [7, 11) is 0. The van der Waals surface area contributed by atoms with Crippen molar-refractivity contribution in [1.29, 1.82) is 5.26 Å². The van der Waals surface area contributed by atoms with Crippen LogP contribution in [0.15, 0.2) is 77.3 Å². The summed E-state index contributed by atoms with van der Waals surface area (Å²) in [4.78, 5) is 0. The van der Waals surface area contributed by atoms with Crippen molar-refractivity contribution >= 4 is 15.9 Å². The Morgan fingerprint density at radius 3 is 1.52 bits per heavy atom. The first kappa shape index (κ1) is 13.6. The van der Waals surface area contributed by atoms with E-state index >= 15 is 0 Å². The van der Waals surface area contributed by atoms with Crippen LogP contribution in [-0.2, 0) is 0 Å². The summed E-state index contributed by atoms with van der Waals surface area (Å²) >= 11 is 3.56. The fraction of sp³-hybridized carbons (Fsp3) is 0. The molecule has 3 aromatic rings. The van der Waals surface area contributed by atoms with Crippen molar-refractivity contribution in [1.82, 2.24) is 0 Å². The number of benzene rings is 3. The van der Waals surface area contributed by atoms with Gasteiger partial charge in [0.25, 0.3) is 0 Å². The molecule has 0 heterocycles. The van der Waals surface area contributed by atoms with Gasteiger partial charge in [-0.25, -0.2) is 0 Å². The summed E-state index contributed by atoms with van der Waals surface area (Å²) in [5.41, 5.74) is 4.70. The van der Waals surface area contributed by atoms with Gasteiger partial charge in [-0.1, -0.05) is 76.6 Å². The number of hydrogen-bond donors (Lipinski definition) is 0. The van der Waals surface area contributed by atoms with Gasteiger partial charge in [0.1, 0.15) is 6.07 Å². The van der Waals surface area contributed by atoms with Crippen molar-refractivity contribution in [3.8, 4) is 28.3 Å². The average molecular weight is 334 g/mol. The minimum Gasteiger partial charge on any atom is -0.192 e. The van der Waals surface area contributed by atoms with Crippen molar-refractivity contribution in [2.45, 2.75) is 0 Å². The quantitative estimate of drug-likeness (QED) is 0.594. The van der Waals surface area contributed by atoms with E-state index < -0.39 is 0 Å². The molecule has 0 aliphatic rings. The minimum atomic E-state index is 0.704. The van der Waals surface area contributed by atoms with Crippen LogP contribution in [0.2, 0.25) is 0 Å². The fourth-order valence-electron chi connectivity index (χ4n) is 2.42. The topological polar surface area (TPSA) is 23.8 Å². The third-order valence-electron chi connectivity index (χ3n) is 3.38. The predicted octanol–water partition coefficient (Wildman–Crippen LogP) is 5.65. The Balaban J connectivity index is 2.29.